The number of anilines is 1. The maximum Gasteiger partial charge on any atom is 0.405 e. The summed E-state index contributed by atoms with van der Waals surface area (Å²) < 4.78 is 37.8. The van der Waals surface area contributed by atoms with E-state index in [1.54, 1.807) is 24.7 Å². The molecule has 3 heterocycles. The van der Waals surface area contributed by atoms with Gasteiger partial charge < -0.3 is 20.9 Å². The number of hydrogen-bond donors (Lipinski definition) is 4. The predicted octanol–water partition coefficient (Wildman–Crippen LogP) is 4.27. The minimum Gasteiger partial charge on any atom is -0.380 e. The normalized spacial score (nSPS) is 19.5. The van der Waals surface area contributed by atoms with Crippen molar-refractivity contribution >= 4 is 28.5 Å². The Labute approximate surface area is 206 Å². The number of carbonyl (C=O) groups excluding carboxylic acids is 2. The van der Waals surface area contributed by atoms with E-state index in [9.17, 15) is 22.8 Å². The molecule has 2 atom stereocenters. The summed E-state index contributed by atoms with van der Waals surface area (Å²) in [5.41, 5.74) is 2.31. The summed E-state index contributed by atoms with van der Waals surface area (Å²) >= 11 is 0. The largest absolute Gasteiger partial charge is 0.405 e. The molecule has 8 nitrogen and oxygen atoms in total. The molecule has 11 heteroatoms. The van der Waals surface area contributed by atoms with E-state index in [4.69, 9.17) is 0 Å². The number of alkyl halides is 3. The van der Waals surface area contributed by atoms with E-state index >= 15 is 0 Å². The second-order valence-electron chi connectivity index (χ2n) is 9.81. The van der Waals surface area contributed by atoms with Crippen LogP contribution in [0.3, 0.4) is 0 Å². The number of aromatic amines is 1. The van der Waals surface area contributed by atoms with Crippen LogP contribution in [-0.2, 0) is 4.79 Å². The van der Waals surface area contributed by atoms with Crippen LogP contribution in [0.2, 0.25) is 0 Å². The lowest BCUT2D eigenvalue weighted by molar-refractivity contribution is -0.142. The third kappa shape index (κ3) is 5.14. The molecule has 0 aromatic carbocycles. The van der Waals surface area contributed by atoms with Gasteiger partial charge >= 0.3 is 6.18 Å². The van der Waals surface area contributed by atoms with Gasteiger partial charge in [0.1, 0.15) is 12.2 Å². The first-order valence-electron chi connectivity index (χ1n) is 11.8. The van der Waals surface area contributed by atoms with Crippen molar-refractivity contribution < 1.29 is 22.8 Å². The van der Waals surface area contributed by atoms with Crippen molar-refractivity contribution in [3.8, 4) is 11.1 Å². The molecule has 1 aliphatic carbocycles. The number of rotatable bonds is 8. The van der Waals surface area contributed by atoms with Crippen molar-refractivity contribution in [2.45, 2.75) is 52.4 Å². The highest BCUT2D eigenvalue weighted by Gasteiger charge is 2.62. The molecule has 4 N–H and O–H groups in total. The average molecular weight is 503 g/mol. The average Bonchev–Trinajstić information content (AvgIpc) is 3.37. The van der Waals surface area contributed by atoms with Crippen molar-refractivity contribution in [2.75, 3.05) is 11.9 Å². The smallest absolute Gasteiger partial charge is 0.380 e. The van der Waals surface area contributed by atoms with Gasteiger partial charge in [0, 0.05) is 53.4 Å². The Hall–Kier alpha value is -3.63. The number of hydrogen-bond acceptors (Lipinski definition) is 5. The number of carbonyl (C=O) groups is 2. The molecular formula is C25H29F3N6O2. The summed E-state index contributed by atoms with van der Waals surface area (Å²) in [6, 6.07) is 3.29. The van der Waals surface area contributed by atoms with Crippen LogP contribution in [0.4, 0.5) is 18.9 Å². The summed E-state index contributed by atoms with van der Waals surface area (Å²) in [7, 11) is 0. The lowest BCUT2D eigenvalue weighted by atomic mass is 9.90. The molecule has 0 radical (unpaired) electrons. The number of amides is 2. The SMILES string of the molecule is CC(C)NC(=O)c1cnc2[nH]cc(-c3cncc(NC4C[C@@]4(C(=O)NCC(F)(F)F)C(C)C)c3)c2c1. The molecule has 1 saturated carbocycles. The molecule has 1 aliphatic rings. The molecule has 2 amide bonds. The lowest BCUT2D eigenvalue weighted by Gasteiger charge is -2.22. The quantitative estimate of drug-likeness (QED) is 0.368. The van der Waals surface area contributed by atoms with Crippen LogP contribution in [0.15, 0.2) is 36.9 Å². The van der Waals surface area contributed by atoms with E-state index in [1.807, 2.05) is 39.1 Å². The number of H-pyrrole nitrogens is 1. The Morgan fingerprint density at radius 3 is 2.58 bits per heavy atom. The molecule has 0 bridgehead atoms. The molecule has 0 aliphatic heterocycles. The standard InChI is InChI=1S/C25H29F3N6O2/c1-13(2)24(23(36)32-12-25(26,27)28)7-20(24)34-17-5-15(8-29-10-17)19-11-31-21-18(19)6-16(9-30-21)22(35)33-14(3)4/h5-6,8-11,13-14,20,34H,7,12H2,1-4H3,(H,30,31)(H,32,36)(H,33,35)/t20?,24-/m1/s1. The highest BCUT2D eigenvalue weighted by atomic mass is 19.4. The van der Waals surface area contributed by atoms with Gasteiger partial charge in [-0.3, -0.25) is 14.6 Å². The highest BCUT2D eigenvalue weighted by Crippen LogP contribution is 2.54. The second kappa shape index (κ2) is 9.44. The van der Waals surface area contributed by atoms with E-state index in [1.165, 1.54) is 6.20 Å². The van der Waals surface area contributed by atoms with Crippen LogP contribution < -0.4 is 16.0 Å². The van der Waals surface area contributed by atoms with Crippen molar-refractivity contribution in [3.05, 3.63) is 42.5 Å². The summed E-state index contributed by atoms with van der Waals surface area (Å²) in [6.45, 7) is 6.06. The fourth-order valence-corrected chi connectivity index (χ4v) is 4.53. The van der Waals surface area contributed by atoms with Gasteiger partial charge in [-0.05, 0) is 38.3 Å². The van der Waals surface area contributed by atoms with E-state index < -0.39 is 24.0 Å². The first-order valence-corrected chi connectivity index (χ1v) is 11.8. The van der Waals surface area contributed by atoms with Gasteiger partial charge in [-0.1, -0.05) is 13.8 Å². The Balaban J connectivity index is 1.55. The Morgan fingerprint density at radius 1 is 1.17 bits per heavy atom. The Morgan fingerprint density at radius 2 is 1.92 bits per heavy atom. The molecule has 36 heavy (non-hydrogen) atoms. The molecule has 4 rings (SSSR count). The summed E-state index contributed by atoms with van der Waals surface area (Å²) in [5.74, 6) is -0.983. The summed E-state index contributed by atoms with van der Waals surface area (Å²) in [5, 5.41) is 8.91. The fraction of sp³-hybridized carbons (Fsp3) is 0.440. The molecule has 0 spiro atoms. The van der Waals surface area contributed by atoms with Crippen molar-refractivity contribution in [1.29, 1.82) is 0 Å². The maximum absolute atomic E-state index is 12.7. The third-order valence-corrected chi connectivity index (χ3v) is 6.51. The van der Waals surface area contributed by atoms with Gasteiger partial charge in [-0.2, -0.15) is 13.2 Å². The van der Waals surface area contributed by atoms with Gasteiger partial charge in [0.2, 0.25) is 5.91 Å². The fourth-order valence-electron chi connectivity index (χ4n) is 4.53. The van der Waals surface area contributed by atoms with Crippen LogP contribution in [0.25, 0.3) is 22.2 Å². The van der Waals surface area contributed by atoms with E-state index in [-0.39, 0.29) is 23.9 Å². The Bertz CT molecular complexity index is 1290. The molecular weight excluding hydrogens is 473 g/mol. The van der Waals surface area contributed by atoms with Gasteiger partial charge in [0.25, 0.3) is 5.91 Å². The molecule has 1 fully saturated rings. The predicted molar refractivity (Wildman–Crippen MR) is 130 cm³/mol. The number of nitrogens with one attached hydrogen (secondary N) is 4. The first-order chi connectivity index (χ1) is 16.9. The highest BCUT2D eigenvalue weighted by molar-refractivity contribution is 6.01. The number of fused-ring (bicyclic) bond motifs is 1. The topological polar surface area (TPSA) is 112 Å². The summed E-state index contributed by atoms with van der Waals surface area (Å²) in [4.78, 5) is 36.9. The molecule has 0 saturated heterocycles. The maximum atomic E-state index is 12.7. The first kappa shape index (κ1) is 25.5. The summed E-state index contributed by atoms with van der Waals surface area (Å²) in [6.07, 6.45) is 2.53. The van der Waals surface area contributed by atoms with Gasteiger partial charge in [0.15, 0.2) is 0 Å². The number of nitrogens with zero attached hydrogens (tertiary/aromatic N) is 2. The molecule has 1 unspecified atom stereocenters. The number of halogens is 3. The van der Waals surface area contributed by atoms with Crippen LogP contribution in [-0.4, -0.2) is 51.6 Å². The number of aromatic nitrogens is 3. The van der Waals surface area contributed by atoms with Crippen LogP contribution >= 0.6 is 0 Å². The van der Waals surface area contributed by atoms with E-state index in [2.05, 4.69) is 25.6 Å². The van der Waals surface area contributed by atoms with Crippen molar-refractivity contribution in [3.63, 3.8) is 0 Å². The van der Waals surface area contributed by atoms with Gasteiger partial charge in [-0.15, -0.1) is 0 Å². The van der Waals surface area contributed by atoms with E-state index in [0.717, 1.165) is 16.5 Å². The number of pyridine rings is 2. The zero-order valence-electron chi connectivity index (χ0n) is 20.5. The molecule has 3 aromatic heterocycles. The van der Waals surface area contributed by atoms with Crippen molar-refractivity contribution in [2.24, 2.45) is 11.3 Å². The van der Waals surface area contributed by atoms with Crippen LogP contribution in [0.1, 0.15) is 44.5 Å². The minimum absolute atomic E-state index is 0.0122. The zero-order valence-corrected chi connectivity index (χ0v) is 20.5. The van der Waals surface area contributed by atoms with Gasteiger partial charge in [0.05, 0.1) is 16.7 Å². The molecule has 3 aromatic rings. The van der Waals surface area contributed by atoms with Gasteiger partial charge in [-0.25, -0.2) is 4.98 Å². The Kier molecular flexibility index (Phi) is 6.68. The van der Waals surface area contributed by atoms with Crippen LogP contribution in [0.5, 0.6) is 0 Å². The monoisotopic (exact) mass is 502 g/mol. The van der Waals surface area contributed by atoms with E-state index in [0.29, 0.717) is 23.3 Å². The third-order valence-electron chi connectivity index (χ3n) is 6.51. The van der Waals surface area contributed by atoms with Crippen LogP contribution in [0, 0.1) is 11.3 Å². The molecule has 192 valence electrons. The lowest BCUT2D eigenvalue weighted by Crippen LogP contribution is -2.42. The second-order valence-corrected chi connectivity index (χ2v) is 9.81. The zero-order chi connectivity index (χ0) is 26.3. The van der Waals surface area contributed by atoms with Crippen molar-refractivity contribution in [1.82, 2.24) is 25.6 Å². The minimum atomic E-state index is -4.46.